The summed E-state index contributed by atoms with van der Waals surface area (Å²) in [5, 5.41) is 2.26. The molecule has 7 heteroatoms. The van der Waals surface area contributed by atoms with Gasteiger partial charge in [0.05, 0.1) is 5.25 Å². The maximum Gasteiger partial charge on any atom is 0.250 e. The van der Waals surface area contributed by atoms with Gasteiger partial charge >= 0.3 is 0 Å². The monoisotopic (exact) mass is 328 g/mol. The topological polar surface area (TPSA) is 84.5 Å². The summed E-state index contributed by atoms with van der Waals surface area (Å²) < 4.78 is 30.8. The minimum Gasteiger partial charge on any atom is -0.375 e. The largest absolute Gasteiger partial charge is 0.375 e. The van der Waals surface area contributed by atoms with Gasteiger partial charge in [-0.25, -0.2) is 13.1 Å². The van der Waals surface area contributed by atoms with Crippen molar-refractivity contribution in [3.05, 3.63) is 29.8 Å². The number of hydrogen-bond donors (Lipinski definition) is 2. The number of carbonyl (C=O) groups is 1. The molecule has 0 aliphatic heterocycles. The molecule has 0 aromatic heterocycles. The lowest BCUT2D eigenvalue weighted by Gasteiger charge is -2.15. The molecule has 0 saturated carbocycles. The van der Waals surface area contributed by atoms with Crippen molar-refractivity contribution in [1.29, 1.82) is 0 Å². The summed E-state index contributed by atoms with van der Waals surface area (Å²) in [6.07, 6.45) is 0. The Morgan fingerprint density at radius 3 is 2.27 bits per heavy atom. The van der Waals surface area contributed by atoms with Crippen molar-refractivity contribution in [2.24, 2.45) is 0 Å². The highest BCUT2D eigenvalue weighted by Gasteiger charge is 2.17. The minimum absolute atomic E-state index is 0.00906. The third-order valence-electron chi connectivity index (χ3n) is 3.25. The molecule has 0 aliphatic rings. The standard InChI is InChI=1S/C15H24N2O4S/c1-11(2)22(19,20)16-9-12(3)13-5-7-14(8-6-13)17-15(18)10-21-4/h5-8,11-12,16H,9-10H2,1-4H3,(H,17,18). The quantitative estimate of drug-likeness (QED) is 0.761. The fourth-order valence-electron chi connectivity index (χ4n) is 1.75. The Bertz CT molecular complexity index is 582. The van der Waals surface area contributed by atoms with Gasteiger partial charge in [0, 0.05) is 19.3 Å². The number of rotatable bonds is 8. The molecule has 0 fully saturated rings. The smallest absolute Gasteiger partial charge is 0.250 e. The molecule has 1 unspecified atom stereocenters. The van der Waals surface area contributed by atoms with Gasteiger partial charge < -0.3 is 10.1 Å². The molecule has 1 aromatic carbocycles. The van der Waals surface area contributed by atoms with Crippen LogP contribution in [0.5, 0.6) is 0 Å². The number of nitrogens with one attached hydrogen (secondary N) is 2. The molecule has 1 rings (SSSR count). The van der Waals surface area contributed by atoms with E-state index in [0.29, 0.717) is 12.2 Å². The van der Waals surface area contributed by atoms with Gasteiger partial charge in [-0.15, -0.1) is 0 Å². The average molecular weight is 328 g/mol. The van der Waals surface area contributed by atoms with E-state index >= 15 is 0 Å². The fraction of sp³-hybridized carbons (Fsp3) is 0.533. The molecule has 0 aliphatic carbocycles. The Labute approximate surface area is 132 Å². The first-order chi connectivity index (χ1) is 10.3. The molecular formula is C15H24N2O4S. The van der Waals surface area contributed by atoms with Crippen LogP contribution in [0.4, 0.5) is 5.69 Å². The van der Waals surface area contributed by atoms with Crippen LogP contribution in [0.1, 0.15) is 32.3 Å². The van der Waals surface area contributed by atoms with Crippen molar-refractivity contribution in [2.75, 3.05) is 25.6 Å². The number of carbonyl (C=O) groups excluding carboxylic acids is 1. The van der Waals surface area contributed by atoms with Crippen LogP contribution in [-0.4, -0.2) is 39.8 Å². The van der Waals surface area contributed by atoms with Crippen molar-refractivity contribution in [3.8, 4) is 0 Å². The summed E-state index contributed by atoms with van der Waals surface area (Å²) in [6, 6.07) is 7.32. The second kappa shape index (κ2) is 8.26. The molecule has 124 valence electrons. The maximum absolute atomic E-state index is 11.7. The van der Waals surface area contributed by atoms with Crippen molar-refractivity contribution < 1.29 is 17.9 Å². The maximum atomic E-state index is 11.7. The van der Waals surface area contributed by atoms with Gasteiger partial charge in [-0.3, -0.25) is 4.79 Å². The summed E-state index contributed by atoms with van der Waals surface area (Å²) in [5.74, 6) is -0.176. The summed E-state index contributed by atoms with van der Waals surface area (Å²) in [5.41, 5.74) is 1.68. The van der Waals surface area contributed by atoms with Crippen LogP contribution in [0.25, 0.3) is 0 Å². The SMILES string of the molecule is COCC(=O)Nc1ccc(C(C)CNS(=O)(=O)C(C)C)cc1. The Balaban J connectivity index is 2.61. The van der Waals surface area contributed by atoms with Crippen molar-refractivity contribution in [3.63, 3.8) is 0 Å². The molecule has 0 bridgehead atoms. The van der Waals surface area contributed by atoms with E-state index in [4.69, 9.17) is 4.74 Å². The van der Waals surface area contributed by atoms with Gasteiger partial charge in [0.2, 0.25) is 15.9 Å². The number of amides is 1. The van der Waals surface area contributed by atoms with E-state index in [1.165, 1.54) is 7.11 Å². The molecule has 0 radical (unpaired) electrons. The Morgan fingerprint density at radius 1 is 1.18 bits per heavy atom. The number of sulfonamides is 1. The Kier molecular flexibility index (Phi) is 6.99. The highest BCUT2D eigenvalue weighted by Crippen LogP contribution is 2.18. The number of anilines is 1. The Morgan fingerprint density at radius 2 is 1.77 bits per heavy atom. The third-order valence-corrected chi connectivity index (χ3v) is 5.06. The molecular weight excluding hydrogens is 304 g/mol. The van der Waals surface area contributed by atoms with Gasteiger partial charge in [-0.05, 0) is 37.5 Å². The van der Waals surface area contributed by atoms with Gasteiger partial charge in [0.25, 0.3) is 0 Å². The molecule has 1 atom stereocenters. The number of benzene rings is 1. The van der Waals surface area contributed by atoms with Crippen molar-refractivity contribution >= 4 is 21.6 Å². The molecule has 6 nitrogen and oxygen atoms in total. The lowest BCUT2D eigenvalue weighted by molar-refractivity contribution is -0.119. The average Bonchev–Trinajstić information content (AvgIpc) is 2.45. The van der Waals surface area contributed by atoms with E-state index in [-0.39, 0.29) is 18.4 Å². The molecule has 0 saturated heterocycles. The summed E-state index contributed by atoms with van der Waals surface area (Å²) in [7, 11) is -1.79. The van der Waals surface area contributed by atoms with Crippen LogP contribution in [0.2, 0.25) is 0 Å². The second-order valence-electron chi connectivity index (χ2n) is 5.45. The summed E-state index contributed by atoms with van der Waals surface area (Å²) >= 11 is 0. The highest BCUT2D eigenvalue weighted by atomic mass is 32.2. The predicted molar refractivity (Wildman–Crippen MR) is 87.4 cm³/mol. The van der Waals surface area contributed by atoms with Crippen LogP contribution >= 0.6 is 0 Å². The molecule has 0 heterocycles. The Hall–Kier alpha value is -1.44. The molecule has 1 aromatic rings. The normalized spacial score (nSPS) is 13.1. The van der Waals surface area contributed by atoms with Crippen LogP contribution in [0.15, 0.2) is 24.3 Å². The molecule has 2 N–H and O–H groups in total. The van der Waals surface area contributed by atoms with E-state index in [1.54, 1.807) is 26.0 Å². The summed E-state index contributed by atoms with van der Waals surface area (Å²) in [6.45, 7) is 5.58. The van der Waals surface area contributed by atoms with Crippen LogP contribution in [0, 0.1) is 0 Å². The predicted octanol–water partition coefficient (Wildman–Crippen LogP) is 1.70. The zero-order valence-corrected chi connectivity index (χ0v) is 14.2. The third kappa shape index (κ3) is 5.75. The minimum atomic E-state index is -3.25. The fourth-order valence-corrected chi connectivity index (χ4v) is 2.56. The van der Waals surface area contributed by atoms with Crippen molar-refractivity contribution in [1.82, 2.24) is 4.72 Å². The van der Waals surface area contributed by atoms with Gasteiger partial charge in [0.15, 0.2) is 0 Å². The number of methoxy groups -OCH3 is 1. The van der Waals surface area contributed by atoms with E-state index in [0.717, 1.165) is 5.56 Å². The highest BCUT2D eigenvalue weighted by molar-refractivity contribution is 7.90. The number of hydrogen-bond acceptors (Lipinski definition) is 4. The first-order valence-electron chi connectivity index (χ1n) is 7.13. The van der Waals surface area contributed by atoms with E-state index in [2.05, 4.69) is 10.0 Å². The summed E-state index contributed by atoms with van der Waals surface area (Å²) in [4.78, 5) is 11.4. The van der Waals surface area contributed by atoms with Gasteiger partial charge in [-0.1, -0.05) is 19.1 Å². The van der Waals surface area contributed by atoms with Crippen LogP contribution in [0.3, 0.4) is 0 Å². The first-order valence-corrected chi connectivity index (χ1v) is 8.68. The van der Waals surface area contributed by atoms with Gasteiger partial charge in [0.1, 0.15) is 6.61 Å². The molecule has 22 heavy (non-hydrogen) atoms. The number of ether oxygens (including phenoxy) is 1. The first kappa shape index (κ1) is 18.6. The molecule has 1 amide bonds. The van der Waals surface area contributed by atoms with Crippen LogP contribution in [-0.2, 0) is 19.6 Å². The lowest BCUT2D eigenvalue weighted by Crippen LogP contribution is -2.33. The van der Waals surface area contributed by atoms with Crippen LogP contribution < -0.4 is 10.0 Å². The molecule has 0 spiro atoms. The zero-order chi connectivity index (χ0) is 16.8. The zero-order valence-electron chi connectivity index (χ0n) is 13.4. The lowest BCUT2D eigenvalue weighted by atomic mass is 10.0. The second-order valence-corrected chi connectivity index (χ2v) is 7.77. The van der Waals surface area contributed by atoms with E-state index in [1.807, 2.05) is 19.1 Å². The van der Waals surface area contributed by atoms with Gasteiger partial charge in [-0.2, -0.15) is 0 Å². The van der Waals surface area contributed by atoms with E-state index < -0.39 is 15.3 Å². The van der Waals surface area contributed by atoms with Crippen molar-refractivity contribution in [2.45, 2.75) is 31.9 Å². The van der Waals surface area contributed by atoms with E-state index in [9.17, 15) is 13.2 Å².